The first kappa shape index (κ1) is 20.0. The van der Waals surface area contributed by atoms with Crippen LogP contribution in [0.4, 0.5) is 0 Å². The average molecular weight is 429 g/mol. The molecule has 1 aliphatic heterocycles. The van der Waals surface area contributed by atoms with Gasteiger partial charge < -0.3 is 14.4 Å². The summed E-state index contributed by atoms with van der Waals surface area (Å²) in [5.74, 6) is 3.37. The number of rotatable bonds is 5. The number of piperidine rings is 1. The van der Waals surface area contributed by atoms with Crippen LogP contribution >= 0.6 is 0 Å². The number of fused-ring (bicyclic) bond motifs is 3. The monoisotopic (exact) mass is 428 g/mol. The van der Waals surface area contributed by atoms with E-state index in [0.717, 1.165) is 35.8 Å². The van der Waals surface area contributed by atoms with Crippen LogP contribution in [0.2, 0.25) is 0 Å². The minimum absolute atomic E-state index is 0.126. The van der Waals surface area contributed by atoms with Crippen molar-refractivity contribution in [2.45, 2.75) is 37.5 Å². The van der Waals surface area contributed by atoms with Crippen molar-refractivity contribution < 1.29 is 9.47 Å². The zero-order valence-electron chi connectivity index (χ0n) is 19.1. The van der Waals surface area contributed by atoms with Gasteiger partial charge in [-0.25, -0.2) is 0 Å². The van der Waals surface area contributed by atoms with Gasteiger partial charge in [-0.05, 0) is 85.5 Å². The average Bonchev–Trinajstić information content (AvgIpc) is 3.65. The molecule has 0 bridgehead atoms. The van der Waals surface area contributed by atoms with Gasteiger partial charge in [-0.3, -0.25) is 4.98 Å². The molecule has 3 aromatic rings. The molecular weight excluding hydrogens is 396 g/mol. The zero-order valence-corrected chi connectivity index (χ0v) is 19.1. The lowest BCUT2D eigenvalue weighted by Gasteiger charge is -2.51. The van der Waals surface area contributed by atoms with E-state index in [2.05, 4.69) is 47.4 Å². The van der Waals surface area contributed by atoms with Crippen molar-refractivity contribution in [1.82, 2.24) is 9.88 Å². The van der Waals surface area contributed by atoms with Crippen LogP contribution in [0, 0.1) is 11.8 Å². The summed E-state index contributed by atoms with van der Waals surface area (Å²) in [5.41, 5.74) is 5.28. The number of likely N-dealkylation sites (tertiary alicyclic amines) is 1. The van der Waals surface area contributed by atoms with Gasteiger partial charge in [0, 0.05) is 42.1 Å². The Morgan fingerprint density at radius 2 is 1.88 bits per heavy atom. The lowest BCUT2D eigenvalue weighted by Crippen LogP contribution is -2.54. The van der Waals surface area contributed by atoms with Gasteiger partial charge in [0.1, 0.15) is 11.5 Å². The highest BCUT2D eigenvalue weighted by Crippen LogP contribution is 2.49. The van der Waals surface area contributed by atoms with Crippen LogP contribution in [0.3, 0.4) is 0 Å². The van der Waals surface area contributed by atoms with Gasteiger partial charge in [-0.15, -0.1) is 0 Å². The fraction of sp³-hybridized carbons (Fsp3) is 0.464. The number of hydrogen-bond acceptors (Lipinski definition) is 4. The molecule has 6 rings (SSSR count). The molecule has 3 aliphatic rings. The smallest absolute Gasteiger partial charge is 0.121 e. The van der Waals surface area contributed by atoms with Gasteiger partial charge in [0.05, 0.1) is 19.7 Å². The molecule has 0 radical (unpaired) electrons. The summed E-state index contributed by atoms with van der Waals surface area (Å²) in [6, 6.07) is 17.4. The molecule has 32 heavy (non-hydrogen) atoms. The molecule has 4 nitrogen and oxygen atoms in total. The summed E-state index contributed by atoms with van der Waals surface area (Å²) in [5, 5.41) is 1.21. The van der Waals surface area contributed by atoms with Gasteiger partial charge in [-0.2, -0.15) is 0 Å². The highest BCUT2D eigenvalue weighted by molar-refractivity contribution is 5.81. The van der Waals surface area contributed by atoms with E-state index in [-0.39, 0.29) is 5.41 Å². The van der Waals surface area contributed by atoms with E-state index < -0.39 is 0 Å². The first-order valence-electron chi connectivity index (χ1n) is 12.0. The molecule has 0 N–H and O–H groups in total. The maximum atomic E-state index is 5.62. The van der Waals surface area contributed by atoms with E-state index in [1.807, 2.05) is 6.07 Å². The predicted octanol–water partition coefficient (Wildman–Crippen LogP) is 5.02. The van der Waals surface area contributed by atoms with Gasteiger partial charge >= 0.3 is 0 Å². The molecule has 1 saturated carbocycles. The van der Waals surface area contributed by atoms with E-state index >= 15 is 0 Å². The molecule has 2 aromatic carbocycles. The van der Waals surface area contributed by atoms with Crippen molar-refractivity contribution in [3.05, 3.63) is 65.4 Å². The summed E-state index contributed by atoms with van der Waals surface area (Å²) in [7, 11) is 3.49. The number of aromatic nitrogens is 1. The number of pyridine rings is 1. The summed E-state index contributed by atoms with van der Waals surface area (Å²) in [6.45, 7) is 3.65. The quantitative estimate of drug-likeness (QED) is 0.572. The van der Waals surface area contributed by atoms with E-state index in [9.17, 15) is 0 Å². The number of ether oxygens (including phenoxy) is 2. The fourth-order valence-electron chi connectivity index (χ4n) is 6.13. The normalized spacial score (nSPS) is 25.2. The van der Waals surface area contributed by atoms with Crippen LogP contribution in [0.5, 0.6) is 11.5 Å². The third-order valence-corrected chi connectivity index (χ3v) is 8.13. The molecule has 1 aromatic heterocycles. The van der Waals surface area contributed by atoms with Crippen molar-refractivity contribution in [3.63, 3.8) is 0 Å². The second-order valence-corrected chi connectivity index (χ2v) is 10.1. The van der Waals surface area contributed by atoms with Crippen LogP contribution < -0.4 is 9.47 Å². The number of nitrogens with zero attached hydrogens (tertiary/aromatic N) is 2. The van der Waals surface area contributed by atoms with Gasteiger partial charge in [-0.1, -0.05) is 12.1 Å². The molecule has 2 fully saturated rings. The van der Waals surface area contributed by atoms with Crippen LogP contribution in [0.15, 0.2) is 48.5 Å². The standard InChI is InChI=1S/C28H32N2O2/c1-31-24-5-3-4-22(14-24)28-10-11-30(17-19-6-7-19)18-23(28)13-21-12-20-8-9-25(32-2)15-26(20)29-27(21)16-28/h3-5,8-9,12,14-15,19,23H,6-7,10-11,13,16-18H2,1-2H3/t23-,28-/m0/s1. The Morgan fingerprint density at radius 3 is 2.69 bits per heavy atom. The van der Waals surface area contributed by atoms with Crippen molar-refractivity contribution >= 4 is 10.9 Å². The summed E-state index contributed by atoms with van der Waals surface area (Å²) in [6.07, 6.45) is 6.14. The van der Waals surface area contributed by atoms with Crippen molar-refractivity contribution in [1.29, 1.82) is 0 Å². The summed E-state index contributed by atoms with van der Waals surface area (Å²) >= 11 is 0. The first-order valence-corrected chi connectivity index (χ1v) is 12.0. The van der Waals surface area contributed by atoms with E-state index in [0.29, 0.717) is 5.92 Å². The molecule has 2 heterocycles. The Hall–Kier alpha value is -2.59. The molecule has 0 spiro atoms. The van der Waals surface area contributed by atoms with Crippen LogP contribution in [0.1, 0.15) is 36.1 Å². The number of hydrogen-bond donors (Lipinski definition) is 0. The third-order valence-electron chi connectivity index (χ3n) is 8.13. The third kappa shape index (κ3) is 3.45. The Bertz CT molecular complexity index is 1160. The second kappa shape index (κ2) is 7.77. The number of benzene rings is 2. The van der Waals surface area contributed by atoms with Crippen LogP contribution in [-0.2, 0) is 18.3 Å². The maximum Gasteiger partial charge on any atom is 0.121 e. The van der Waals surface area contributed by atoms with Gasteiger partial charge in [0.2, 0.25) is 0 Å². The highest BCUT2D eigenvalue weighted by Gasteiger charge is 2.48. The Morgan fingerprint density at radius 1 is 1.03 bits per heavy atom. The molecule has 1 saturated heterocycles. The Balaban J connectivity index is 1.43. The first-order chi connectivity index (χ1) is 15.7. The summed E-state index contributed by atoms with van der Waals surface area (Å²) in [4.78, 5) is 7.92. The molecule has 0 unspecified atom stereocenters. The lowest BCUT2D eigenvalue weighted by molar-refractivity contribution is 0.0777. The van der Waals surface area contributed by atoms with E-state index in [4.69, 9.17) is 14.5 Å². The molecular formula is C28H32N2O2. The minimum Gasteiger partial charge on any atom is -0.497 e. The van der Waals surface area contributed by atoms with Crippen molar-refractivity contribution in [2.24, 2.45) is 11.8 Å². The SMILES string of the molecule is COc1cccc([C@@]23CCN(CC4CC4)C[C@@H]2Cc2cc4ccc(OC)cc4nc2C3)c1. The minimum atomic E-state index is 0.126. The topological polar surface area (TPSA) is 34.6 Å². The Kier molecular flexibility index (Phi) is 4.87. The maximum absolute atomic E-state index is 5.62. The summed E-state index contributed by atoms with van der Waals surface area (Å²) < 4.78 is 11.1. The number of methoxy groups -OCH3 is 2. The fourth-order valence-corrected chi connectivity index (χ4v) is 6.13. The van der Waals surface area contributed by atoms with Gasteiger partial charge in [0.25, 0.3) is 0 Å². The highest BCUT2D eigenvalue weighted by atomic mass is 16.5. The molecule has 166 valence electrons. The van der Waals surface area contributed by atoms with Crippen LogP contribution in [0.25, 0.3) is 10.9 Å². The van der Waals surface area contributed by atoms with Crippen molar-refractivity contribution in [3.8, 4) is 11.5 Å². The second-order valence-electron chi connectivity index (χ2n) is 10.1. The largest absolute Gasteiger partial charge is 0.497 e. The van der Waals surface area contributed by atoms with E-state index in [1.54, 1.807) is 14.2 Å². The Labute approximate surface area is 190 Å². The van der Waals surface area contributed by atoms with Gasteiger partial charge in [0.15, 0.2) is 0 Å². The zero-order chi connectivity index (χ0) is 21.7. The molecule has 4 heteroatoms. The molecule has 2 aliphatic carbocycles. The molecule has 0 amide bonds. The van der Waals surface area contributed by atoms with E-state index in [1.165, 1.54) is 61.1 Å². The predicted molar refractivity (Wildman–Crippen MR) is 128 cm³/mol. The lowest BCUT2D eigenvalue weighted by atomic mass is 9.58. The van der Waals surface area contributed by atoms with Crippen molar-refractivity contribution in [2.75, 3.05) is 33.9 Å². The van der Waals surface area contributed by atoms with Crippen LogP contribution in [-0.4, -0.2) is 43.7 Å². The molecule has 2 atom stereocenters.